The van der Waals surface area contributed by atoms with E-state index in [0.29, 0.717) is 0 Å². The topological polar surface area (TPSA) is 43.6 Å². The van der Waals surface area contributed by atoms with Crippen LogP contribution < -0.4 is 0 Å². The molecule has 3 rings (SSSR count). The Hall–Kier alpha value is -0.000000000000000250. The number of aryl methyl sites for hydroxylation is 1. The van der Waals surface area contributed by atoms with Gasteiger partial charge >= 0.3 is 0 Å². The highest BCUT2D eigenvalue weighted by Gasteiger charge is 2.15. The fourth-order valence-electron chi connectivity index (χ4n) is 1.64. The first kappa shape index (κ1) is 13.0. The average molecular weight is 503 g/mol. The van der Waals surface area contributed by atoms with Crippen molar-refractivity contribution < 1.29 is 0 Å². The van der Waals surface area contributed by atoms with E-state index in [1.165, 1.54) is 4.88 Å². The van der Waals surface area contributed by atoms with Crippen LogP contribution in [-0.2, 0) is 0 Å². The van der Waals surface area contributed by atoms with Crippen molar-refractivity contribution in [2.45, 2.75) is 6.92 Å². The number of imidazole rings is 1. The highest BCUT2D eigenvalue weighted by atomic mass is 127. The van der Waals surface area contributed by atoms with Gasteiger partial charge in [-0.05, 0) is 69.8 Å². The van der Waals surface area contributed by atoms with Crippen molar-refractivity contribution >= 4 is 78.3 Å². The van der Waals surface area contributed by atoms with E-state index in [0.717, 1.165) is 23.4 Å². The minimum Gasteiger partial charge on any atom is -0.276 e. The SMILES string of the molecule is Cc1cc2c(-n3cnc(I)c3I)nc(Cl)nc2s1. The number of thiophene rings is 1. The monoisotopic (exact) mass is 502 g/mol. The van der Waals surface area contributed by atoms with Gasteiger partial charge in [-0.3, -0.25) is 4.57 Å². The van der Waals surface area contributed by atoms with Gasteiger partial charge in [-0.2, -0.15) is 4.98 Å². The Morgan fingerprint density at radius 1 is 1.33 bits per heavy atom. The Bertz CT molecular complexity index is 752. The molecule has 0 fully saturated rings. The van der Waals surface area contributed by atoms with Gasteiger partial charge in [-0.15, -0.1) is 11.3 Å². The van der Waals surface area contributed by atoms with Crippen molar-refractivity contribution in [2.75, 3.05) is 0 Å². The van der Waals surface area contributed by atoms with Gasteiger partial charge in [0, 0.05) is 4.88 Å². The summed E-state index contributed by atoms with van der Waals surface area (Å²) in [6.45, 7) is 2.05. The summed E-state index contributed by atoms with van der Waals surface area (Å²) in [5.41, 5.74) is 0. The van der Waals surface area contributed by atoms with Crippen molar-refractivity contribution in [1.29, 1.82) is 0 Å². The van der Waals surface area contributed by atoms with Crippen LogP contribution >= 0.6 is 68.1 Å². The van der Waals surface area contributed by atoms with E-state index >= 15 is 0 Å². The van der Waals surface area contributed by atoms with Crippen molar-refractivity contribution in [3.05, 3.63) is 30.0 Å². The summed E-state index contributed by atoms with van der Waals surface area (Å²) in [7, 11) is 0. The van der Waals surface area contributed by atoms with Gasteiger partial charge in [-0.25, -0.2) is 9.97 Å². The standard InChI is InChI=1S/C10H5ClI2N4S/c1-4-2-5-8(15-10(11)16-9(5)18-4)17-3-14-6(12)7(17)13/h2-3H,1H3. The summed E-state index contributed by atoms with van der Waals surface area (Å²) < 4.78 is 3.90. The van der Waals surface area contributed by atoms with Gasteiger partial charge in [0.25, 0.3) is 0 Å². The van der Waals surface area contributed by atoms with Crippen LogP contribution in [0.1, 0.15) is 4.88 Å². The zero-order valence-electron chi connectivity index (χ0n) is 8.99. The van der Waals surface area contributed by atoms with Crippen LogP contribution in [0.3, 0.4) is 0 Å². The summed E-state index contributed by atoms with van der Waals surface area (Å²) in [6.07, 6.45) is 1.76. The molecule has 0 atom stereocenters. The predicted molar refractivity (Wildman–Crippen MR) is 89.7 cm³/mol. The predicted octanol–water partition coefficient (Wildman–Crippen LogP) is 4.05. The Morgan fingerprint density at radius 3 is 2.78 bits per heavy atom. The molecule has 0 bridgehead atoms. The molecule has 0 spiro atoms. The molecule has 0 aromatic carbocycles. The lowest BCUT2D eigenvalue weighted by atomic mass is 10.3. The molecule has 3 heterocycles. The highest BCUT2D eigenvalue weighted by molar-refractivity contribution is 14.1. The quantitative estimate of drug-likeness (QED) is 0.373. The Labute approximate surface area is 139 Å². The molecule has 0 saturated carbocycles. The van der Waals surface area contributed by atoms with E-state index in [2.05, 4.69) is 66.2 Å². The van der Waals surface area contributed by atoms with E-state index < -0.39 is 0 Å². The summed E-state index contributed by atoms with van der Waals surface area (Å²) in [6, 6.07) is 2.08. The summed E-state index contributed by atoms with van der Waals surface area (Å²) in [5.74, 6) is 0.786. The Morgan fingerprint density at radius 2 is 2.11 bits per heavy atom. The van der Waals surface area contributed by atoms with E-state index in [4.69, 9.17) is 11.6 Å². The molecule has 0 aliphatic rings. The highest BCUT2D eigenvalue weighted by Crippen LogP contribution is 2.30. The molecular weight excluding hydrogens is 497 g/mol. The van der Waals surface area contributed by atoms with Crippen LogP contribution in [0.2, 0.25) is 5.28 Å². The Balaban J connectivity index is 2.37. The first-order valence-corrected chi connectivity index (χ1v) is 8.24. The summed E-state index contributed by atoms with van der Waals surface area (Å²) in [5, 5.41) is 1.27. The molecule has 18 heavy (non-hydrogen) atoms. The van der Waals surface area contributed by atoms with Crippen molar-refractivity contribution in [3.63, 3.8) is 0 Å². The number of halogens is 3. The lowest BCUT2D eigenvalue weighted by Gasteiger charge is -2.04. The molecule has 0 amide bonds. The van der Waals surface area contributed by atoms with Gasteiger partial charge in [0.1, 0.15) is 18.6 Å². The van der Waals surface area contributed by atoms with E-state index in [1.54, 1.807) is 17.7 Å². The Kier molecular flexibility index (Phi) is 3.49. The maximum atomic E-state index is 5.99. The molecule has 3 aromatic heterocycles. The van der Waals surface area contributed by atoms with Gasteiger partial charge in [-0.1, -0.05) is 0 Å². The van der Waals surface area contributed by atoms with Crippen LogP contribution in [0.4, 0.5) is 0 Å². The normalized spacial score (nSPS) is 11.3. The van der Waals surface area contributed by atoms with Gasteiger partial charge in [0.2, 0.25) is 5.28 Å². The number of rotatable bonds is 1. The third-order valence-corrected chi connectivity index (χ3v) is 6.33. The maximum absolute atomic E-state index is 5.99. The first-order chi connectivity index (χ1) is 8.56. The second kappa shape index (κ2) is 4.84. The molecule has 0 radical (unpaired) electrons. The fraction of sp³-hybridized carbons (Fsp3) is 0.100. The molecule has 0 N–H and O–H groups in total. The number of aromatic nitrogens is 4. The van der Waals surface area contributed by atoms with E-state index in [-0.39, 0.29) is 5.28 Å². The van der Waals surface area contributed by atoms with Gasteiger partial charge in [0.05, 0.1) is 5.39 Å². The zero-order chi connectivity index (χ0) is 12.9. The summed E-state index contributed by atoms with van der Waals surface area (Å²) in [4.78, 5) is 15.0. The second-order valence-corrected chi connectivity index (χ2v) is 7.20. The molecule has 3 aromatic rings. The average Bonchev–Trinajstić information content (AvgIpc) is 2.82. The second-order valence-electron chi connectivity index (χ2n) is 3.59. The largest absolute Gasteiger partial charge is 0.276 e. The summed E-state index contributed by atoms with van der Waals surface area (Å²) >= 11 is 12.0. The van der Waals surface area contributed by atoms with Crippen molar-refractivity contribution in [3.8, 4) is 5.82 Å². The first-order valence-electron chi connectivity index (χ1n) is 4.88. The minimum absolute atomic E-state index is 0.263. The molecular formula is C10H5ClI2N4S. The lowest BCUT2D eigenvalue weighted by molar-refractivity contribution is 0.972. The number of hydrogen-bond donors (Lipinski definition) is 0. The fourth-order valence-corrected chi connectivity index (χ4v) is 3.61. The van der Waals surface area contributed by atoms with Crippen LogP contribution in [0.5, 0.6) is 0 Å². The van der Waals surface area contributed by atoms with Crippen molar-refractivity contribution in [1.82, 2.24) is 19.5 Å². The number of hydrogen-bond acceptors (Lipinski definition) is 4. The minimum atomic E-state index is 0.263. The van der Waals surface area contributed by atoms with E-state index in [1.807, 2.05) is 11.5 Å². The van der Waals surface area contributed by atoms with Crippen LogP contribution in [0.25, 0.3) is 16.0 Å². The molecule has 0 unspecified atom stereocenters. The number of nitrogens with zero attached hydrogens (tertiary/aromatic N) is 4. The molecule has 92 valence electrons. The molecule has 8 heteroatoms. The molecule has 4 nitrogen and oxygen atoms in total. The van der Waals surface area contributed by atoms with Crippen LogP contribution in [0.15, 0.2) is 12.4 Å². The van der Waals surface area contributed by atoms with Crippen LogP contribution in [0, 0.1) is 14.3 Å². The third kappa shape index (κ3) is 2.14. The molecule has 0 aliphatic carbocycles. The van der Waals surface area contributed by atoms with E-state index in [9.17, 15) is 0 Å². The van der Waals surface area contributed by atoms with Gasteiger partial charge in [0.15, 0.2) is 5.82 Å². The maximum Gasteiger partial charge on any atom is 0.225 e. The zero-order valence-corrected chi connectivity index (χ0v) is 14.9. The molecule has 0 aliphatic heterocycles. The van der Waals surface area contributed by atoms with Gasteiger partial charge < -0.3 is 0 Å². The van der Waals surface area contributed by atoms with Crippen molar-refractivity contribution in [2.24, 2.45) is 0 Å². The molecule has 0 saturated heterocycles. The number of fused-ring (bicyclic) bond motifs is 1. The third-order valence-electron chi connectivity index (χ3n) is 2.37. The van der Waals surface area contributed by atoms with Crippen LogP contribution in [-0.4, -0.2) is 19.5 Å². The lowest BCUT2D eigenvalue weighted by Crippen LogP contribution is -2.00. The smallest absolute Gasteiger partial charge is 0.225 e.